The van der Waals surface area contributed by atoms with Gasteiger partial charge in [0, 0.05) is 35.6 Å². The number of ether oxygens (including phenoxy) is 2. The largest absolute Gasteiger partial charge is 0.462 e. The SMILES string of the molecule is C[C@H]1OC(=O)[C@]2(CC(=O)OC(C)(C)C)CC(F)(F)[C@@H](C)[C@H](/C=C/c3ccc(-c4ccccc4C#N)cn3)[C@H]12. The highest BCUT2D eigenvalue weighted by Gasteiger charge is 2.68. The van der Waals surface area contributed by atoms with Gasteiger partial charge in [0.2, 0.25) is 0 Å². The van der Waals surface area contributed by atoms with Crippen LogP contribution in [0.4, 0.5) is 8.78 Å². The van der Waals surface area contributed by atoms with Gasteiger partial charge >= 0.3 is 11.9 Å². The van der Waals surface area contributed by atoms with E-state index in [1.165, 1.54) is 6.92 Å². The van der Waals surface area contributed by atoms with E-state index >= 15 is 8.78 Å². The number of carbonyl (C=O) groups is 2. The summed E-state index contributed by atoms with van der Waals surface area (Å²) in [7, 11) is 0. The molecule has 200 valence electrons. The Morgan fingerprint density at radius 2 is 1.95 bits per heavy atom. The van der Waals surface area contributed by atoms with Crippen molar-refractivity contribution in [1.82, 2.24) is 4.98 Å². The minimum atomic E-state index is -3.20. The van der Waals surface area contributed by atoms with Gasteiger partial charge in [0.25, 0.3) is 5.92 Å². The molecule has 2 aliphatic rings. The van der Waals surface area contributed by atoms with Crippen molar-refractivity contribution >= 4 is 18.0 Å². The van der Waals surface area contributed by atoms with Crippen molar-refractivity contribution in [1.29, 1.82) is 5.26 Å². The first-order chi connectivity index (χ1) is 17.8. The summed E-state index contributed by atoms with van der Waals surface area (Å²) in [6.45, 7) is 8.23. The van der Waals surface area contributed by atoms with E-state index in [9.17, 15) is 14.9 Å². The van der Waals surface area contributed by atoms with Gasteiger partial charge in [0.05, 0.1) is 29.2 Å². The van der Waals surface area contributed by atoms with Crippen LogP contribution in [0.15, 0.2) is 48.7 Å². The van der Waals surface area contributed by atoms with E-state index in [4.69, 9.17) is 9.47 Å². The number of alkyl halides is 2. The first-order valence-electron chi connectivity index (χ1n) is 12.7. The molecule has 0 amide bonds. The molecule has 0 bridgehead atoms. The Balaban J connectivity index is 1.65. The van der Waals surface area contributed by atoms with E-state index < -0.39 is 65.6 Å². The third-order valence-electron chi connectivity index (χ3n) is 7.57. The second-order valence-electron chi connectivity index (χ2n) is 11.3. The van der Waals surface area contributed by atoms with E-state index in [0.29, 0.717) is 11.3 Å². The number of esters is 2. The molecule has 8 heteroatoms. The first-order valence-corrected chi connectivity index (χ1v) is 12.7. The lowest BCUT2D eigenvalue weighted by Gasteiger charge is -2.47. The number of pyridine rings is 1. The van der Waals surface area contributed by atoms with Crippen LogP contribution < -0.4 is 0 Å². The van der Waals surface area contributed by atoms with Crippen molar-refractivity contribution in [3.63, 3.8) is 0 Å². The zero-order chi connectivity index (χ0) is 27.9. The number of allylic oxidation sites excluding steroid dienone is 1. The number of aromatic nitrogens is 1. The summed E-state index contributed by atoms with van der Waals surface area (Å²) in [6, 6.07) is 12.9. The number of rotatable bonds is 5. The Bertz CT molecular complexity index is 1290. The fraction of sp³-hybridized carbons (Fsp3) is 0.467. The van der Waals surface area contributed by atoms with Crippen molar-refractivity contribution in [3.8, 4) is 17.2 Å². The van der Waals surface area contributed by atoms with Crippen LogP contribution in [0.3, 0.4) is 0 Å². The molecule has 0 N–H and O–H groups in total. The van der Waals surface area contributed by atoms with Gasteiger partial charge in [-0.3, -0.25) is 14.6 Å². The lowest BCUT2D eigenvalue weighted by Crippen LogP contribution is -2.54. The monoisotopic (exact) mass is 522 g/mol. The summed E-state index contributed by atoms with van der Waals surface area (Å²) < 4.78 is 41.8. The van der Waals surface area contributed by atoms with Crippen LogP contribution in [0, 0.1) is 34.5 Å². The van der Waals surface area contributed by atoms with Gasteiger partial charge in [-0.2, -0.15) is 5.26 Å². The molecule has 1 saturated heterocycles. The second kappa shape index (κ2) is 9.94. The Morgan fingerprint density at radius 1 is 1.24 bits per heavy atom. The van der Waals surface area contributed by atoms with Gasteiger partial charge in [-0.1, -0.05) is 37.3 Å². The smallest absolute Gasteiger partial charge is 0.313 e. The average Bonchev–Trinajstić information content (AvgIpc) is 3.06. The molecule has 1 aromatic carbocycles. The van der Waals surface area contributed by atoms with Crippen LogP contribution in [0.25, 0.3) is 17.2 Å². The Labute approximate surface area is 221 Å². The minimum absolute atomic E-state index is 0.462. The lowest BCUT2D eigenvalue weighted by atomic mass is 9.55. The summed E-state index contributed by atoms with van der Waals surface area (Å²) in [6.07, 6.45) is 3.09. The number of benzene rings is 1. The average molecular weight is 523 g/mol. The number of nitrogens with zero attached hydrogens (tertiary/aromatic N) is 2. The van der Waals surface area contributed by atoms with Crippen molar-refractivity contribution in [3.05, 3.63) is 59.9 Å². The molecule has 6 nitrogen and oxygen atoms in total. The fourth-order valence-electron chi connectivity index (χ4n) is 5.87. The van der Waals surface area contributed by atoms with Crippen LogP contribution in [-0.4, -0.2) is 34.6 Å². The summed E-state index contributed by atoms with van der Waals surface area (Å²) in [5.41, 5.74) is 0.0900. The maximum Gasteiger partial charge on any atom is 0.313 e. The van der Waals surface area contributed by atoms with E-state index in [1.54, 1.807) is 64.2 Å². The number of fused-ring (bicyclic) bond motifs is 1. The molecule has 5 atom stereocenters. The van der Waals surface area contributed by atoms with Crippen molar-refractivity contribution in [2.75, 3.05) is 0 Å². The summed E-state index contributed by atoms with van der Waals surface area (Å²) in [4.78, 5) is 30.3. The fourth-order valence-corrected chi connectivity index (χ4v) is 5.87. The topological polar surface area (TPSA) is 89.3 Å². The molecular formula is C30H32F2N2O4. The zero-order valence-corrected chi connectivity index (χ0v) is 22.2. The predicted molar refractivity (Wildman–Crippen MR) is 138 cm³/mol. The molecule has 4 rings (SSSR count). The maximum atomic E-state index is 15.4. The highest BCUT2D eigenvalue weighted by Crippen LogP contribution is 2.61. The quantitative estimate of drug-likeness (QED) is 0.434. The Hall–Kier alpha value is -3.60. The molecule has 1 saturated carbocycles. The number of nitriles is 1. The van der Waals surface area contributed by atoms with E-state index in [0.717, 1.165) is 11.1 Å². The van der Waals surface area contributed by atoms with E-state index in [1.807, 2.05) is 18.2 Å². The lowest BCUT2D eigenvalue weighted by molar-refractivity contribution is -0.182. The predicted octanol–water partition coefficient (Wildman–Crippen LogP) is 6.20. The highest BCUT2D eigenvalue weighted by atomic mass is 19.3. The zero-order valence-electron chi connectivity index (χ0n) is 22.2. The van der Waals surface area contributed by atoms with Crippen LogP contribution in [0.1, 0.15) is 58.7 Å². The van der Waals surface area contributed by atoms with Crippen LogP contribution in [-0.2, 0) is 19.1 Å². The van der Waals surface area contributed by atoms with Gasteiger partial charge in [0.15, 0.2) is 0 Å². The van der Waals surface area contributed by atoms with Crippen LogP contribution >= 0.6 is 0 Å². The minimum Gasteiger partial charge on any atom is -0.462 e. The van der Waals surface area contributed by atoms with E-state index in [2.05, 4.69) is 11.1 Å². The molecule has 1 aliphatic heterocycles. The molecule has 0 unspecified atom stereocenters. The Kier molecular flexibility index (Phi) is 7.17. The molecule has 2 aromatic rings. The second-order valence-corrected chi connectivity index (χ2v) is 11.3. The molecule has 38 heavy (non-hydrogen) atoms. The third-order valence-corrected chi connectivity index (χ3v) is 7.57. The molecule has 0 spiro atoms. The summed E-state index contributed by atoms with van der Waals surface area (Å²) in [5.74, 6) is -7.14. The van der Waals surface area contributed by atoms with Gasteiger partial charge in [0.1, 0.15) is 11.7 Å². The van der Waals surface area contributed by atoms with Gasteiger partial charge in [-0.25, -0.2) is 8.78 Å². The van der Waals surface area contributed by atoms with Gasteiger partial charge < -0.3 is 9.47 Å². The highest BCUT2D eigenvalue weighted by molar-refractivity contribution is 5.86. The third kappa shape index (κ3) is 5.20. The van der Waals surface area contributed by atoms with Crippen molar-refractivity contribution in [2.24, 2.45) is 23.2 Å². The van der Waals surface area contributed by atoms with Crippen molar-refractivity contribution in [2.45, 2.75) is 65.1 Å². The Morgan fingerprint density at radius 3 is 2.58 bits per heavy atom. The molecular weight excluding hydrogens is 490 g/mol. The number of carbonyl (C=O) groups excluding carboxylic acids is 2. The van der Waals surface area contributed by atoms with Crippen LogP contribution in [0.2, 0.25) is 0 Å². The summed E-state index contributed by atoms with van der Waals surface area (Å²) >= 11 is 0. The molecule has 2 fully saturated rings. The van der Waals surface area contributed by atoms with Crippen molar-refractivity contribution < 1.29 is 27.8 Å². The first kappa shape index (κ1) is 27.4. The molecule has 1 aliphatic carbocycles. The number of cyclic esters (lactones) is 1. The molecule has 0 radical (unpaired) electrons. The standard InChI is InChI=1S/C30H32F2N2O4/c1-18-23(13-12-22-11-10-21(16-34-22)24-9-7-6-8-20(24)15-33)26-19(2)37-27(36)29(26,17-30(18,31)32)14-25(35)38-28(3,4)5/h6-13,16,18-19,23,26H,14,17H2,1-5H3/b13-12+/t18-,19+,23-,26-,29+/m0/s1. The normalized spacial score (nSPS) is 28.4. The van der Waals surface area contributed by atoms with Gasteiger partial charge in [-0.05, 0) is 51.8 Å². The van der Waals surface area contributed by atoms with E-state index in [-0.39, 0.29) is 0 Å². The number of hydrogen-bond donors (Lipinski definition) is 0. The number of hydrogen-bond acceptors (Lipinski definition) is 6. The molecule has 2 heterocycles. The van der Waals surface area contributed by atoms with Crippen LogP contribution in [0.5, 0.6) is 0 Å². The number of halogens is 2. The summed E-state index contributed by atoms with van der Waals surface area (Å²) in [5, 5.41) is 9.37. The maximum absolute atomic E-state index is 15.4. The molecule has 1 aromatic heterocycles. The van der Waals surface area contributed by atoms with Gasteiger partial charge in [-0.15, -0.1) is 0 Å².